The van der Waals surface area contributed by atoms with Gasteiger partial charge in [0.25, 0.3) is 5.91 Å². The zero-order valence-electron chi connectivity index (χ0n) is 14.1. The van der Waals surface area contributed by atoms with Crippen molar-refractivity contribution in [1.82, 2.24) is 4.98 Å². The summed E-state index contributed by atoms with van der Waals surface area (Å²) < 4.78 is 4.97. The summed E-state index contributed by atoms with van der Waals surface area (Å²) in [6.07, 6.45) is 1.43. The van der Waals surface area contributed by atoms with Crippen LogP contribution in [0.15, 0.2) is 24.4 Å². The number of carbonyl (C=O) groups excluding carboxylic acids is 3. The van der Waals surface area contributed by atoms with E-state index >= 15 is 0 Å². The van der Waals surface area contributed by atoms with E-state index in [1.165, 1.54) is 19.2 Å². The first-order valence-electron chi connectivity index (χ1n) is 7.52. The van der Waals surface area contributed by atoms with Crippen molar-refractivity contribution in [3.63, 3.8) is 0 Å². The number of hydrogen-bond donors (Lipinski definition) is 2. The summed E-state index contributed by atoms with van der Waals surface area (Å²) >= 11 is 0. The van der Waals surface area contributed by atoms with E-state index in [0.29, 0.717) is 5.56 Å². The number of amides is 1. The lowest BCUT2D eigenvalue weighted by molar-refractivity contribution is -0.119. The number of benzene rings is 1. The average Bonchev–Trinajstić information content (AvgIpc) is 2.98. The molecule has 0 saturated heterocycles. The van der Waals surface area contributed by atoms with E-state index < -0.39 is 18.5 Å². The number of anilines is 1. The van der Waals surface area contributed by atoms with Crippen molar-refractivity contribution in [2.24, 2.45) is 0 Å². The molecule has 0 radical (unpaired) electrons. The Morgan fingerprint density at radius 3 is 2.25 bits per heavy atom. The van der Waals surface area contributed by atoms with E-state index in [1.807, 2.05) is 32.9 Å². The number of ketones is 1. The molecule has 0 fully saturated rings. The number of aromatic nitrogens is 1. The van der Waals surface area contributed by atoms with Gasteiger partial charge in [-0.25, -0.2) is 4.79 Å². The van der Waals surface area contributed by atoms with Gasteiger partial charge < -0.3 is 15.0 Å². The van der Waals surface area contributed by atoms with Gasteiger partial charge in [-0.3, -0.25) is 9.59 Å². The van der Waals surface area contributed by atoms with Crippen LogP contribution in [0.5, 0.6) is 0 Å². The molecule has 0 atom stereocenters. The summed E-state index contributed by atoms with van der Waals surface area (Å²) in [6, 6.07) is 5.34. The summed E-state index contributed by atoms with van der Waals surface area (Å²) in [5.41, 5.74) is 4.25. The van der Waals surface area contributed by atoms with Crippen LogP contribution in [0.2, 0.25) is 0 Å². The number of esters is 1. The highest BCUT2D eigenvalue weighted by Crippen LogP contribution is 2.21. The molecule has 6 heteroatoms. The van der Waals surface area contributed by atoms with Crippen molar-refractivity contribution in [2.75, 3.05) is 11.9 Å². The van der Waals surface area contributed by atoms with Gasteiger partial charge in [0.05, 0.1) is 0 Å². The molecule has 0 spiro atoms. The van der Waals surface area contributed by atoms with E-state index in [1.54, 1.807) is 0 Å². The molecular weight excluding hydrogens is 308 g/mol. The predicted octanol–water partition coefficient (Wildman–Crippen LogP) is 2.94. The maximum absolute atomic E-state index is 12.0. The van der Waals surface area contributed by atoms with E-state index in [4.69, 9.17) is 4.74 Å². The molecule has 0 saturated carbocycles. The first-order valence-corrected chi connectivity index (χ1v) is 7.52. The number of Topliss-reactive ketones (excluding diaryl/α,β-unsaturated/α-hetero) is 1. The largest absolute Gasteiger partial charge is 0.451 e. The number of hydrogen-bond acceptors (Lipinski definition) is 4. The molecular formula is C18H20N2O4. The van der Waals surface area contributed by atoms with Gasteiger partial charge in [0.1, 0.15) is 5.69 Å². The molecule has 0 bridgehead atoms. The lowest BCUT2D eigenvalue weighted by atomic mass is 10.1. The molecule has 1 amide bonds. The van der Waals surface area contributed by atoms with Crippen molar-refractivity contribution >= 4 is 23.3 Å². The summed E-state index contributed by atoms with van der Waals surface area (Å²) in [4.78, 5) is 37.7. The van der Waals surface area contributed by atoms with Crippen molar-refractivity contribution in [1.29, 1.82) is 0 Å². The minimum absolute atomic E-state index is 0.135. The van der Waals surface area contributed by atoms with Gasteiger partial charge in [0.15, 0.2) is 12.4 Å². The molecule has 1 aromatic carbocycles. The van der Waals surface area contributed by atoms with Crippen molar-refractivity contribution in [3.05, 3.63) is 52.3 Å². The quantitative estimate of drug-likeness (QED) is 0.652. The third-order valence-electron chi connectivity index (χ3n) is 3.59. The Balaban J connectivity index is 1.95. The second-order valence-corrected chi connectivity index (χ2v) is 5.76. The lowest BCUT2D eigenvalue weighted by Crippen LogP contribution is -2.22. The second-order valence-electron chi connectivity index (χ2n) is 5.76. The average molecular weight is 328 g/mol. The van der Waals surface area contributed by atoms with Crippen LogP contribution in [-0.4, -0.2) is 29.3 Å². The van der Waals surface area contributed by atoms with Gasteiger partial charge in [0.2, 0.25) is 0 Å². The third-order valence-corrected chi connectivity index (χ3v) is 3.59. The number of rotatable bonds is 5. The van der Waals surface area contributed by atoms with Gasteiger partial charge >= 0.3 is 5.97 Å². The molecule has 1 heterocycles. The van der Waals surface area contributed by atoms with Crippen LogP contribution in [0, 0.1) is 20.8 Å². The third kappa shape index (κ3) is 4.10. The molecule has 0 aliphatic rings. The van der Waals surface area contributed by atoms with Gasteiger partial charge in [-0.15, -0.1) is 0 Å². The van der Waals surface area contributed by atoms with Crippen LogP contribution < -0.4 is 5.32 Å². The molecule has 2 rings (SSSR count). The zero-order chi connectivity index (χ0) is 17.9. The predicted molar refractivity (Wildman–Crippen MR) is 90.4 cm³/mol. The lowest BCUT2D eigenvalue weighted by Gasteiger charge is -2.12. The van der Waals surface area contributed by atoms with Gasteiger partial charge in [-0.1, -0.05) is 17.7 Å². The molecule has 2 N–H and O–H groups in total. The highest BCUT2D eigenvalue weighted by molar-refractivity contribution is 5.99. The monoisotopic (exact) mass is 328 g/mol. The minimum Gasteiger partial charge on any atom is -0.451 e. The SMILES string of the molecule is CC(=O)c1c[nH]c(C(=O)OCC(=O)Nc2c(C)cc(C)cc2C)c1. The standard InChI is InChI=1S/C18H20N2O4/c1-10-5-11(2)17(12(3)6-10)20-16(22)9-24-18(23)15-7-14(8-19-15)13(4)21/h5-8,19H,9H2,1-4H3,(H,20,22). The van der Waals surface area contributed by atoms with Crippen molar-refractivity contribution in [3.8, 4) is 0 Å². The summed E-state index contributed by atoms with van der Waals surface area (Å²) in [7, 11) is 0. The van der Waals surface area contributed by atoms with E-state index in [-0.39, 0.29) is 11.5 Å². The van der Waals surface area contributed by atoms with E-state index in [0.717, 1.165) is 22.4 Å². The Bertz CT molecular complexity index is 782. The number of aryl methyl sites for hydroxylation is 3. The van der Waals surface area contributed by atoms with Crippen LogP contribution in [-0.2, 0) is 9.53 Å². The topological polar surface area (TPSA) is 88.3 Å². The molecule has 24 heavy (non-hydrogen) atoms. The Morgan fingerprint density at radius 1 is 1.08 bits per heavy atom. The number of carbonyl (C=O) groups is 3. The fraction of sp³-hybridized carbons (Fsp3) is 0.278. The Morgan fingerprint density at radius 2 is 1.71 bits per heavy atom. The van der Waals surface area contributed by atoms with Crippen LogP contribution >= 0.6 is 0 Å². The summed E-state index contributed by atoms with van der Waals surface area (Å²) in [6.45, 7) is 6.80. The smallest absolute Gasteiger partial charge is 0.355 e. The fourth-order valence-electron chi connectivity index (χ4n) is 2.48. The van der Waals surface area contributed by atoms with Crippen LogP contribution in [0.3, 0.4) is 0 Å². The Kier molecular flexibility index (Phi) is 5.18. The Labute approximate surface area is 140 Å². The first kappa shape index (κ1) is 17.5. The number of aromatic amines is 1. The molecule has 6 nitrogen and oxygen atoms in total. The Hall–Kier alpha value is -2.89. The minimum atomic E-state index is -0.685. The van der Waals surface area contributed by atoms with Gasteiger partial charge in [-0.05, 0) is 44.9 Å². The fourth-order valence-corrected chi connectivity index (χ4v) is 2.48. The van der Waals surface area contributed by atoms with Crippen molar-refractivity contribution in [2.45, 2.75) is 27.7 Å². The summed E-state index contributed by atoms with van der Waals surface area (Å²) in [5.74, 6) is -1.26. The number of H-pyrrole nitrogens is 1. The highest BCUT2D eigenvalue weighted by atomic mass is 16.5. The summed E-state index contributed by atoms with van der Waals surface area (Å²) in [5, 5.41) is 2.76. The molecule has 0 aliphatic carbocycles. The maximum Gasteiger partial charge on any atom is 0.355 e. The van der Waals surface area contributed by atoms with Crippen molar-refractivity contribution < 1.29 is 19.1 Å². The van der Waals surface area contributed by atoms with E-state index in [9.17, 15) is 14.4 Å². The van der Waals surface area contributed by atoms with Gasteiger partial charge in [-0.2, -0.15) is 0 Å². The number of nitrogens with one attached hydrogen (secondary N) is 2. The number of ether oxygens (including phenoxy) is 1. The van der Waals surface area contributed by atoms with Crippen LogP contribution in [0.25, 0.3) is 0 Å². The molecule has 2 aromatic rings. The molecule has 1 aromatic heterocycles. The zero-order valence-corrected chi connectivity index (χ0v) is 14.1. The molecule has 0 aliphatic heterocycles. The van der Waals surface area contributed by atoms with Crippen LogP contribution in [0.4, 0.5) is 5.69 Å². The van der Waals surface area contributed by atoms with Crippen LogP contribution in [0.1, 0.15) is 44.5 Å². The van der Waals surface area contributed by atoms with E-state index in [2.05, 4.69) is 10.3 Å². The van der Waals surface area contributed by atoms with Gasteiger partial charge in [0, 0.05) is 17.4 Å². The first-order chi connectivity index (χ1) is 11.3. The molecule has 126 valence electrons. The highest BCUT2D eigenvalue weighted by Gasteiger charge is 2.15. The second kappa shape index (κ2) is 7.12. The maximum atomic E-state index is 12.0. The molecule has 0 unspecified atom stereocenters. The normalized spacial score (nSPS) is 10.3.